The molecule has 1 unspecified atom stereocenters. The van der Waals surface area contributed by atoms with E-state index in [4.69, 9.17) is 14.5 Å². The number of pyridine rings is 1. The molecule has 2 fully saturated rings. The molecule has 6 heteroatoms. The molecule has 0 amide bonds. The summed E-state index contributed by atoms with van der Waals surface area (Å²) < 4.78 is 12.0. The number of piperidine rings is 1. The number of hydrogen-bond donors (Lipinski definition) is 2. The van der Waals surface area contributed by atoms with Gasteiger partial charge in [0.2, 0.25) is 0 Å². The Hall–Kier alpha value is -2.83. The topological polar surface area (TPSA) is 75.0 Å². The van der Waals surface area contributed by atoms with Crippen molar-refractivity contribution in [3.63, 3.8) is 0 Å². The lowest BCUT2D eigenvalue weighted by Gasteiger charge is -2.63. The molecule has 2 N–H and O–H groups in total. The molecule has 4 atom stereocenters. The van der Waals surface area contributed by atoms with Crippen LogP contribution in [0.15, 0.2) is 36.4 Å². The van der Waals surface area contributed by atoms with E-state index in [9.17, 15) is 10.2 Å². The molecule has 6 nitrogen and oxygen atoms in total. The fourth-order valence-electron chi connectivity index (χ4n) is 7.65. The van der Waals surface area contributed by atoms with Gasteiger partial charge >= 0.3 is 0 Å². The zero-order valence-corrected chi connectivity index (χ0v) is 19.3. The largest absolute Gasteiger partial charge is 0.504 e. The van der Waals surface area contributed by atoms with Gasteiger partial charge in [-0.15, -0.1) is 0 Å². The van der Waals surface area contributed by atoms with Crippen LogP contribution in [0.2, 0.25) is 0 Å². The van der Waals surface area contributed by atoms with Crippen LogP contribution in [0.25, 0.3) is 10.9 Å². The van der Waals surface area contributed by atoms with Gasteiger partial charge in [-0.05, 0) is 79.6 Å². The number of aliphatic hydroxyl groups is 1. The van der Waals surface area contributed by atoms with E-state index in [-0.39, 0.29) is 11.8 Å². The van der Waals surface area contributed by atoms with Gasteiger partial charge in [-0.3, -0.25) is 4.90 Å². The van der Waals surface area contributed by atoms with Gasteiger partial charge in [-0.2, -0.15) is 0 Å². The predicted octanol–water partition coefficient (Wildman–Crippen LogP) is 3.65. The van der Waals surface area contributed by atoms with E-state index in [1.54, 1.807) is 13.2 Å². The molecule has 0 radical (unpaired) electrons. The van der Waals surface area contributed by atoms with Crippen LogP contribution in [-0.2, 0) is 18.3 Å². The van der Waals surface area contributed by atoms with Crippen molar-refractivity contribution in [2.24, 2.45) is 5.92 Å². The third kappa shape index (κ3) is 2.22. The number of rotatable bonds is 3. The Balaban J connectivity index is 1.38. The maximum atomic E-state index is 12.8. The van der Waals surface area contributed by atoms with Crippen LogP contribution in [0.4, 0.5) is 0 Å². The number of methoxy groups -OCH3 is 1. The first kappa shape index (κ1) is 19.5. The molecule has 1 saturated carbocycles. The Morgan fingerprint density at radius 1 is 1.18 bits per heavy atom. The van der Waals surface area contributed by atoms with Crippen molar-refractivity contribution in [1.82, 2.24) is 9.88 Å². The van der Waals surface area contributed by atoms with Crippen LogP contribution in [0.1, 0.15) is 47.8 Å². The Morgan fingerprint density at radius 3 is 2.88 bits per heavy atom. The molecular formula is C28H28N2O4. The maximum absolute atomic E-state index is 12.8. The summed E-state index contributed by atoms with van der Waals surface area (Å²) in [5.41, 5.74) is 3.52. The van der Waals surface area contributed by atoms with Crippen LogP contribution in [0.5, 0.6) is 17.2 Å². The van der Waals surface area contributed by atoms with Gasteiger partial charge in [-0.1, -0.05) is 6.07 Å². The lowest BCUT2D eigenvalue weighted by molar-refractivity contribution is -0.173. The highest BCUT2D eigenvalue weighted by Gasteiger charge is 2.72. The monoisotopic (exact) mass is 456 g/mol. The lowest BCUT2D eigenvalue weighted by atomic mass is 9.49. The minimum atomic E-state index is -0.974. The fourth-order valence-corrected chi connectivity index (χ4v) is 7.65. The van der Waals surface area contributed by atoms with E-state index >= 15 is 0 Å². The molecular weight excluding hydrogens is 428 g/mol. The quantitative estimate of drug-likeness (QED) is 0.627. The highest BCUT2D eigenvalue weighted by molar-refractivity contribution is 5.82. The number of hydrogen-bond acceptors (Lipinski definition) is 6. The summed E-state index contributed by atoms with van der Waals surface area (Å²) in [5, 5.41) is 24.6. The zero-order valence-electron chi connectivity index (χ0n) is 19.3. The molecule has 1 saturated heterocycles. The summed E-state index contributed by atoms with van der Waals surface area (Å²) in [6.07, 6.45) is 4.33. The van der Waals surface area contributed by atoms with Crippen molar-refractivity contribution in [3.8, 4) is 17.2 Å². The molecule has 3 aromatic rings. The van der Waals surface area contributed by atoms with E-state index in [2.05, 4.69) is 11.0 Å². The Morgan fingerprint density at radius 2 is 2.06 bits per heavy atom. The van der Waals surface area contributed by atoms with Crippen LogP contribution in [0, 0.1) is 5.92 Å². The molecule has 1 aromatic heterocycles. The first-order chi connectivity index (χ1) is 16.5. The molecule has 3 aliphatic carbocycles. The van der Waals surface area contributed by atoms with Crippen molar-refractivity contribution < 1.29 is 19.7 Å². The molecule has 2 aliphatic heterocycles. The molecule has 1 spiro atoms. The number of aromatic nitrogens is 1. The van der Waals surface area contributed by atoms with E-state index in [1.165, 1.54) is 18.4 Å². The number of nitrogens with zero attached hydrogens (tertiary/aromatic N) is 2. The average Bonchev–Trinajstić information content (AvgIpc) is 3.57. The standard InChI is InChI=1S/C28H28N2O4/c1-33-19-5-6-20-17(11-19)10-18-13-28(32)22-12-16-4-7-21(31)25-23(16)27(28,26(34-25)24(18)29-20)8-9-30(22)14-15-2-3-15/h4-7,10-11,15,22,26,31-32H,2-3,8-9,12-14H2,1H3/t22-,26?,27+,28-/m1/s1. The molecule has 2 aromatic carbocycles. The number of ether oxygens (including phenoxy) is 2. The van der Waals surface area contributed by atoms with Crippen LogP contribution in [-0.4, -0.2) is 51.9 Å². The summed E-state index contributed by atoms with van der Waals surface area (Å²) in [5.74, 6) is 2.28. The number of phenols is 1. The number of likely N-dealkylation sites (tertiary alicyclic amines) is 1. The van der Waals surface area contributed by atoms with E-state index < -0.39 is 17.1 Å². The minimum Gasteiger partial charge on any atom is -0.504 e. The molecule has 174 valence electrons. The van der Waals surface area contributed by atoms with Gasteiger partial charge in [0.05, 0.1) is 29.3 Å². The molecule has 34 heavy (non-hydrogen) atoms. The van der Waals surface area contributed by atoms with Crippen molar-refractivity contribution >= 4 is 10.9 Å². The lowest BCUT2D eigenvalue weighted by Crippen LogP contribution is -2.74. The predicted molar refractivity (Wildman–Crippen MR) is 127 cm³/mol. The van der Waals surface area contributed by atoms with Crippen LogP contribution >= 0.6 is 0 Å². The SMILES string of the molecule is COc1ccc2nc3c(cc2c1)C[C@@]1(O)[C@H]2Cc4ccc(O)c5c4[C@@]1(CCN2CC1CC1)C3O5. The maximum Gasteiger partial charge on any atom is 0.166 e. The first-order valence-electron chi connectivity index (χ1n) is 12.5. The summed E-state index contributed by atoms with van der Waals surface area (Å²) in [6.45, 7) is 2.01. The van der Waals surface area contributed by atoms with Gasteiger partial charge < -0.3 is 19.7 Å². The van der Waals surface area contributed by atoms with E-state index in [0.29, 0.717) is 12.2 Å². The fraction of sp³-hybridized carbons (Fsp3) is 0.464. The minimum absolute atomic E-state index is 0.0325. The van der Waals surface area contributed by atoms with Crippen molar-refractivity contribution in [3.05, 3.63) is 58.8 Å². The normalized spacial score (nSPS) is 32.8. The smallest absolute Gasteiger partial charge is 0.166 e. The summed E-state index contributed by atoms with van der Waals surface area (Å²) in [7, 11) is 1.67. The second-order valence-corrected chi connectivity index (χ2v) is 11.0. The van der Waals surface area contributed by atoms with Gasteiger partial charge in [-0.25, -0.2) is 4.98 Å². The number of aromatic hydroxyl groups is 1. The van der Waals surface area contributed by atoms with Crippen LogP contribution in [0.3, 0.4) is 0 Å². The first-order valence-corrected chi connectivity index (χ1v) is 12.5. The Labute approximate surface area is 198 Å². The van der Waals surface area contributed by atoms with Crippen molar-refractivity contribution in [2.45, 2.75) is 55.3 Å². The van der Waals surface area contributed by atoms with Crippen molar-refractivity contribution in [2.75, 3.05) is 20.2 Å². The summed E-state index contributed by atoms with van der Waals surface area (Å²) in [6, 6.07) is 11.9. The zero-order chi connectivity index (χ0) is 22.8. The van der Waals surface area contributed by atoms with E-state index in [1.807, 2.05) is 24.3 Å². The number of phenolic OH excluding ortho intramolecular Hbond substituents is 1. The molecule has 2 bridgehead atoms. The van der Waals surface area contributed by atoms with Gasteiger partial charge in [0.25, 0.3) is 0 Å². The second kappa shape index (κ2) is 6.23. The molecule has 3 heterocycles. The molecule has 8 rings (SSSR count). The Kier molecular flexibility index (Phi) is 3.57. The third-order valence-corrected chi connectivity index (χ3v) is 9.36. The van der Waals surface area contributed by atoms with E-state index in [0.717, 1.165) is 65.3 Å². The van der Waals surface area contributed by atoms with Crippen molar-refractivity contribution in [1.29, 1.82) is 0 Å². The van der Waals surface area contributed by atoms with Crippen LogP contribution < -0.4 is 9.47 Å². The average molecular weight is 457 g/mol. The summed E-state index contributed by atoms with van der Waals surface area (Å²) in [4.78, 5) is 7.65. The third-order valence-electron chi connectivity index (χ3n) is 9.36. The van der Waals surface area contributed by atoms with Gasteiger partial charge in [0, 0.05) is 30.0 Å². The highest BCUT2D eigenvalue weighted by atomic mass is 16.5. The Bertz CT molecular complexity index is 1380. The number of benzene rings is 2. The molecule has 5 aliphatic rings. The number of fused-ring (bicyclic) bond motifs is 3. The highest BCUT2D eigenvalue weighted by Crippen LogP contribution is 2.68. The second-order valence-electron chi connectivity index (χ2n) is 11.0. The van der Waals surface area contributed by atoms with Gasteiger partial charge in [0.1, 0.15) is 5.75 Å². The van der Waals surface area contributed by atoms with Gasteiger partial charge in [0.15, 0.2) is 17.6 Å². The summed E-state index contributed by atoms with van der Waals surface area (Å²) >= 11 is 0.